The summed E-state index contributed by atoms with van der Waals surface area (Å²) in [6.45, 7) is 1.93. The van der Waals surface area contributed by atoms with Gasteiger partial charge in [0.25, 0.3) is 0 Å². The molecule has 1 heterocycles. The number of hydrogen-bond donors (Lipinski definition) is 0. The molecule has 0 aliphatic carbocycles. The highest BCUT2D eigenvalue weighted by atomic mass is 79.9. The van der Waals surface area contributed by atoms with Gasteiger partial charge in [-0.15, -0.1) is 11.3 Å². The summed E-state index contributed by atoms with van der Waals surface area (Å²) in [6, 6.07) is 9.42. The Morgan fingerprint density at radius 1 is 1.11 bits per heavy atom. The normalized spacial score (nSPS) is 13.6. The van der Waals surface area contributed by atoms with Crippen LogP contribution in [-0.2, 0) is 6.18 Å². The van der Waals surface area contributed by atoms with Crippen molar-refractivity contribution >= 4 is 27.3 Å². The number of benzene rings is 1. The third-order valence-corrected chi connectivity index (χ3v) is 4.91. The zero-order chi connectivity index (χ0) is 13.3. The maximum Gasteiger partial charge on any atom is 0.416 e. The van der Waals surface area contributed by atoms with E-state index in [1.54, 1.807) is 6.07 Å². The highest BCUT2D eigenvalue weighted by Gasteiger charge is 2.34. The molecule has 0 bridgehead atoms. The Kier molecular flexibility index (Phi) is 3.82. The van der Waals surface area contributed by atoms with Crippen LogP contribution in [0, 0.1) is 6.92 Å². The van der Waals surface area contributed by atoms with E-state index < -0.39 is 16.6 Å². The summed E-state index contributed by atoms with van der Waals surface area (Å²) in [5.74, 6) is 0. The second-order valence-electron chi connectivity index (χ2n) is 3.90. The van der Waals surface area contributed by atoms with Crippen molar-refractivity contribution in [1.29, 1.82) is 0 Å². The van der Waals surface area contributed by atoms with Crippen LogP contribution in [0.25, 0.3) is 0 Å². The van der Waals surface area contributed by atoms with Crippen LogP contribution in [0.3, 0.4) is 0 Å². The molecule has 2 rings (SSSR count). The number of alkyl halides is 4. The van der Waals surface area contributed by atoms with Crippen LogP contribution in [0.4, 0.5) is 13.2 Å². The first-order valence-electron chi connectivity index (χ1n) is 5.26. The first-order valence-corrected chi connectivity index (χ1v) is 6.99. The fourth-order valence-electron chi connectivity index (χ4n) is 1.72. The highest BCUT2D eigenvalue weighted by molar-refractivity contribution is 9.09. The van der Waals surface area contributed by atoms with Crippen molar-refractivity contribution < 1.29 is 13.2 Å². The van der Waals surface area contributed by atoms with Gasteiger partial charge in [0, 0.05) is 9.75 Å². The van der Waals surface area contributed by atoms with E-state index in [4.69, 9.17) is 0 Å². The quantitative estimate of drug-likeness (QED) is 0.630. The maximum atomic E-state index is 12.9. The second-order valence-corrected chi connectivity index (χ2v) is 6.13. The first kappa shape index (κ1) is 13.6. The lowest BCUT2D eigenvalue weighted by atomic mass is 10.0. The first-order chi connectivity index (χ1) is 8.39. The van der Waals surface area contributed by atoms with E-state index in [0.29, 0.717) is 0 Å². The summed E-state index contributed by atoms with van der Waals surface area (Å²) in [4.78, 5) is 1.54. The Labute approximate surface area is 116 Å². The molecule has 1 aromatic heterocycles. The van der Waals surface area contributed by atoms with E-state index in [0.717, 1.165) is 15.8 Å². The van der Waals surface area contributed by atoms with E-state index in [1.165, 1.54) is 23.5 Å². The van der Waals surface area contributed by atoms with E-state index in [2.05, 4.69) is 15.9 Å². The van der Waals surface area contributed by atoms with Gasteiger partial charge in [-0.1, -0.05) is 34.1 Å². The smallest absolute Gasteiger partial charge is 0.166 e. The predicted molar refractivity (Wildman–Crippen MR) is 71.3 cm³/mol. The van der Waals surface area contributed by atoms with Crippen molar-refractivity contribution in [1.82, 2.24) is 0 Å². The van der Waals surface area contributed by atoms with E-state index in [1.807, 2.05) is 19.1 Å². The Bertz CT molecular complexity index is 545. The number of aryl methyl sites for hydroxylation is 1. The Morgan fingerprint density at radius 2 is 1.78 bits per heavy atom. The molecule has 1 atom stereocenters. The molecule has 0 amide bonds. The Hall–Kier alpha value is -0.810. The van der Waals surface area contributed by atoms with Crippen LogP contribution in [0.5, 0.6) is 0 Å². The molecule has 0 N–H and O–H groups in total. The molecule has 1 aromatic carbocycles. The van der Waals surface area contributed by atoms with Crippen molar-refractivity contribution in [2.24, 2.45) is 0 Å². The van der Waals surface area contributed by atoms with Gasteiger partial charge in [-0.3, -0.25) is 0 Å². The van der Waals surface area contributed by atoms with Crippen molar-refractivity contribution in [2.75, 3.05) is 0 Å². The minimum Gasteiger partial charge on any atom is -0.166 e. The fourth-order valence-corrected chi connectivity index (χ4v) is 3.43. The molecule has 0 fully saturated rings. The van der Waals surface area contributed by atoms with E-state index >= 15 is 0 Å². The second kappa shape index (κ2) is 5.05. The minimum atomic E-state index is -4.32. The lowest BCUT2D eigenvalue weighted by molar-refractivity contribution is -0.138. The van der Waals surface area contributed by atoms with Crippen LogP contribution in [-0.4, -0.2) is 0 Å². The number of thiophene rings is 1. The topological polar surface area (TPSA) is 0 Å². The monoisotopic (exact) mass is 334 g/mol. The zero-order valence-corrected chi connectivity index (χ0v) is 11.9. The van der Waals surface area contributed by atoms with Crippen LogP contribution in [0.15, 0.2) is 36.4 Å². The minimum absolute atomic E-state index is 0.256. The van der Waals surface area contributed by atoms with Gasteiger partial charge in [-0.05, 0) is 30.7 Å². The summed E-state index contributed by atoms with van der Waals surface area (Å²) in [5.41, 5.74) is -0.329. The summed E-state index contributed by atoms with van der Waals surface area (Å²) in [7, 11) is 0. The van der Waals surface area contributed by atoms with Crippen molar-refractivity contribution in [2.45, 2.75) is 17.9 Å². The zero-order valence-electron chi connectivity index (χ0n) is 9.46. The van der Waals surface area contributed by atoms with Crippen molar-refractivity contribution in [3.05, 3.63) is 57.3 Å². The molecule has 0 spiro atoms. The summed E-state index contributed by atoms with van der Waals surface area (Å²) in [6.07, 6.45) is -4.32. The lowest BCUT2D eigenvalue weighted by Crippen LogP contribution is -2.10. The predicted octanol–water partition coefficient (Wildman–Crippen LogP) is 5.56. The molecule has 0 saturated heterocycles. The van der Waals surface area contributed by atoms with Gasteiger partial charge in [-0.25, -0.2) is 0 Å². The molecule has 0 aliphatic rings. The third-order valence-electron chi connectivity index (χ3n) is 2.55. The number of hydrogen-bond acceptors (Lipinski definition) is 1. The van der Waals surface area contributed by atoms with Gasteiger partial charge in [0.15, 0.2) is 0 Å². The molecule has 0 nitrogen and oxygen atoms in total. The number of halogens is 4. The Morgan fingerprint density at radius 3 is 2.33 bits per heavy atom. The largest absolute Gasteiger partial charge is 0.416 e. The summed E-state index contributed by atoms with van der Waals surface area (Å²) >= 11 is 4.86. The maximum absolute atomic E-state index is 12.9. The van der Waals surface area contributed by atoms with Crippen LogP contribution >= 0.6 is 27.3 Å². The summed E-state index contributed by atoms with van der Waals surface area (Å²) in [5, 5.41) is 0. The molecule has 0 saturated carbocycles. The molecular weight excluding hydrogens is 325 g/mol. The molecule has 5 heteroatoms. The highest BCUT2D eigenvalue weighted by Crippen LogP contribution is 2.41. The van der Waals surface area contributed by atoms with Gasteiger partial charge in [-0.2, -0.15) is 13.2 Å². The SMILES string of the molecule is Cc1ccc(C(Br)c2ccccc2C(F)(F)F)s1. The third kappa shape index (κ3) is 2.78. The molecule has 2 aromatic rings. The van der Waals surface area contributed by atoms with Gasteiger partial charge in [0.05, 0.1) is 10.4 Å². The van der Waals surface area contributed by atoms with E-state index in [9.17, 15) is 13.2 Å². The molecule has 96 valence electrons. The fraction of sp³-hybridized carbons (Fsp3) is 0.231. The van der Waals surface area contributed by atoms with Crippen LogP contribution in [0.1, 0.15) is 25.7 Å². The van der Waals surface area contributed by atoms with Crippen molar-refractivity contribution in [3.8, 4) is 0 Å². The van der Waals surface area contributed by atoms with Gasteiger partial charge in [0.2, 0.25) is 0 Å². The van der Waals surface area contributed by atoms with E-state index in [-0.39, 0.29) is 5.56 Å². The Balaban J connectivity index is 2.45. The summed E-state index contributed by atoms with van der Waals surface area (Å²) < 4.78 is 38.7. The molecule has 0 aliphatic heterocycles. The molecule has 18 heavy (non-hydrogen) atoms. The van der Waals surface area contributed by atoms with Gasteiger partial charge in [0.1, 0.15) is 0 Å². The van der Waals surface area contributed by atoms with Crippen molar-refractivity contribution in [3.63, 3.8) is 0 Å². The number of rotatable bonds is 2. The van der Waals surface area contributed by atoms with Crippen LogP contribution in [0.2, 0.25) is 0 Å². The molecular formula is C13H10BrF3S. The van der Waals surface area contributed by atoms with Gasteiger partial charge < -0.3 is 0 Å². The average molecular weight is 335 g/mol. The molecule has 0 radical (unpaired) electrons. The molecule has 1 unspecified atom stereocenters. The van der Waals surface area contributed by atoms with Crippen LogP contribution < -0.4 is 0 Å². The average Bonchev–Trinajstić information content (AvgIpc) is 2.74. The standard InChI is InChI=1S/C13H10BrF3S/c1-8-6-7-11(18-8)12(14)9-4-2-3-5-10(9)13(15,16)17/h2-7,12H,1H3. The van der Waals surface area contributed by atoms with Gasteiger partial charge >= 0.3 is 6.18 Å². The lowest BCUT2D eigenvalue weighted by Gasteiger charge is -2.16.